The molecule has 4 rings (SSSR count). The molecule has 38 heavy (non-hydrogen) atoms. The van der Waals surface area contributed by atoms with Crippen LogP contribution < -0.4 is 0 Å². The summed E-state index contributed by atoms with van der Waals surface area (Å²) in [5.41, 5.74) is 4.18. The number of hydrogen-bond donors (Lipinski definition) is 0. The van der Waals surface area contributed by atoms with Gasteiger partial charge in [0.2, 0.25) is 0 Å². The van der Waals surface area contributed by atoms with E-state index >= 15 is 0 Å². The number of allylic oxidation sites excluding steroid dienone is 6. The van der Waals surface area contributed by atoms with Crippen LogP contribution in [0.4, 0.5) is 0 Å². The molecule has 0 aromatic heterocycles. The lowest BCUT2D eigenvalue weighted by Crippen LogP contribution is -2.22. The maximum absolute atomic E-state index is 12.0. The molecule has 2 aromatic rings. The Balaban J connectivity index is 0.000000211. The summed E-state index contributed by atoms with van der Waals surface area (Å²) >= 11 is 12.2. The average Bonchev–Trinajstić information content (AvgIpc) is 2.88. The van der Waals surface area contributed by atoms with Gasteiger partial charge in [-0.2, -0.15) is 0 Å². The Morgan fingerprint density at radius 2 is 1.00 bits per heavy atom. The van der Waals surface area contributed by atoms with Crippen LogP contribution in [0, 0.1) is 23.7 Å². The van der Waals surface area contributed by atoms with E-state index < -0.39 is 0 Å². The molecule has 0 radical (unpaired) electrons. The molecule has 0 saturated heterocycles. The highest BCUT2D eigenvalue weighted by Gasteiger charge is 2.25. The average molecular weight is 550 g/mol. The summed E-state index contributed by atoms with van der Waals surface area (Å²) in [5, 5.41) is 1.48. The van der Waals surface area contributed by atoms with Crippen molar-refractivity contribution in [2.24, 2.45) is 23.7 Å². The molecule has 0 fully saturated rings. The quantitative estimate of drug-likeness (QED) is 0.359. The Morgan fingerprint density at radius 3 is 1.32 bits per heavy atom. The largest absolute Gasteiger partial charge is 0.295 e. The van der Waals surface area contributed by atoms with Gasteiger partial charge in [0, 0.05) is 21.9 Å². The number of halogens is 2. The Hall–Kier alpha value is -2.68. The monoisotopic (exact) mass is 548 g/mol. The van der Waals surface area contributed by atoms with Gasteiger partial charge >= 0.3 is 0 Å². The predicted octanol–water partition coefficient (Wildman–Crippen LogP) is 9.83. The molecule has 0 amide bonds. The summed E-state index contributed by atoms with van der Waals surface area (Å²) in [6.07, 6.45) is 15.4. The van der Waals surface area contributed by atoms with Crippen LogP contribution in [0.5, 0.6) is 0 Å². The molecule has 2 aliphatic carbocycles. The molecular formula is C34H38Cl2O2. The Kier molecular flexibility index (Phi) is 11.4. The van der Waals surface area contributed by atoms with Crippen molar-refractivity contribution in [3.63, 3.8) is 0 Å². The molecule has 0 aliphatic heterocycles. The number of benzene rings is 2. The third-order valence-electron chi connectivity index (χ3n) is 7.25. The fraction of sp³-hybridized carbons (Fsp3) is 0.353. The number of carbonyl (C=O) groups is 2. The van der Waals surface area contributed by atoms with E-state index in [0.29, 0.717) is 11.8 Å². The number of rotatable bonds is 6. The third kappa shape index (κ3) is 8.68. The molecule has 0 spiro atoms. The molecule has 200 valence electrons. The topological polar surface area (TPSA) is 34.1 Å². The zero-order valence-electron chi connectivity index (χ0n) is 22.8. The second-order valence-corrected chi connectivity index (χ2v) is 11.5. The maximum atomic E-state index is 12.0. The van der Waals surface area contributed by atoms with E-state index in [1.807, 2.05) is 72.8 Å². The van der Waals surface area contributed by atoms with Crippen molar-refractivity contribution in [2.75, 3.05) is 0 Å². The fourth-order valence-corrected chi connectivity index (χ4v) is 5.25. The minimum atomic E-state index is 0.192. The van der Waals surface area contributed by atoms with Gasteiger partial charge in [0.1, 0.15) is 0 Å². The second kappa shape index (κ2) is 14.5. The van der Waals surface area contributed by atoms with E-state index in [9.17, 15) is 9.59 Å². The van der Waals surface area contributed by atoms with Gasteiger partial charge in [-0.3, -0.25) is 9.59 Å². The van der Waals surface area contributed by atoms with Crippen LogP contribution in [0.25, 0.3) is 12.2 Å². The van der Waals surface area contributed by atoms with Gasteiger partial charge in [-0.25, -0.2) is 0 Å². The molecule has 0 N–H and O–H groups in total. The molecule has 0 saturated carbocycles. The van der Waals surface area contributed by atoms with Crippen LogP contribution in [-0.4, -0.2) is 11.6 Å². The first kappa shape index (κ1) is 29.9. The van der Waals surface area contributed by atoms with E-state index in [1.165, 1.54) is 0 Å². The highest BCUT2D eigenvalue weighted by Crippen LogP contribution is 2.29. The van der Waals surface area contributed by atoms with Gasteiger partial charge < -0.3 is 0 Å². The summed E-state index contributed by atoms with van der Waals surface area (Å²) in [6.45, 7) is 8.45. The van der Waals surface area contributed by atoms with E-state index in [-0.39, 0.29) is 23.4 Å². The van der Waals surface area contributed by atoms with Crippen LogP contribution in [0.2, 0.25) is 10.0 Å². The van der Waals surface area contributed by atoms with Gasteiger partial charge in [0.25, 0.3) is 0 Å². The van der Waals surface area contributed by atoms with E-state index in [1.54, 1.807) is 12.2 Å². The standard InChI is InChI=1S/2C17H19ClO/c2*1-12(2)15-10-8-13(11-17(15)19)7-9-14-5-3-4-6-16(14)18/h2*3-7,9,11-12,15H,8,10H2,1-2H3/b2*9-7+/t2*15-/m00/s1. The number of hydrogen-bond acceptors (Lipinski definition) is 2. The highest BCUT2D eigenvalue weighted by molar-refractivity contribution is 6.32. The smallest absolute Gasteiger partial charge is 0.159 e. The minimum absolute atomic E-state index is 0.192. The molecular weight excluding hydrogens is 511 g/mol. The first-order valence-corrected chi connectivity index (χ1v) is 14.2. The number of ketones is 2. The van der Waals surface area contributed by atoms with Crippen LogP contribution in [0.1, 0.15) is 64.5 Å². The van der Waals surface area contributed by atoms with Gasteiger partial charge in [-0.15, -0.1) is 0 Å². The highest BCUT2D eigenvalue weighted by atomic mass is 35.5. The van der Waals surface area contributed by atoms with E-state index in [0.717, 1.165) is 58.0 Å². The fourth-order valence-electron chi connectivity index (χ4n) is 4.85. The van der Waals surface area contributed by atoms with Crippen molar-refractivity contribution < 1.29 is 9.59 Å². The molecule has 0 heterocycles. The molecule has 2 nitrogen and oxygen atoms in total. The molecule has 0 bridgehead atoms. The lowest BCUT2D eigenvalue weighted by Gasteiger charge is -2.22. The Morgan fingerprint density at radius 1 is 0.632 bits per heavy atom. The van der Waals surface area contributed by atoms with Gasteiger partial charge in [-0.05, 0) is 84.1 Å². The van der Waals surface area contributed by atoms with Crippen LogP contribution >= 0.6 is 23.2 Å². The minimum Gasteiger partial charge on any atom is -0.295 e. The molecule has 2 aliphatic rings. The lowest BCUT2D eigenvalue weighted by molar-refractivity contribution is -0.120. The van der Waals surface area contributed by atoms with Crippen molar-refractivity contribution in [3.05, 3.63) is 105 Å². The normalized spacial score (nSPS) is 20.1. The first-order valence-electron chi connectivity index (χ1n) is 13.5. The number of carbonyl (C=O) groups excluding carboxylic acids is 2. The van der Waals surface area contributed by atoms with Crippen molar-refractivity contribution in [1.29, 1.82) is 0 Å². The lowest BCUT2D eigenvalue weighted by atomic mass is 9.81. The molecule has 0 unspecified atom stereocenters. The summed E-state index contributed by atoms with van der Waals surface area (Å²) in [5.74, 6) is 1.77. The molecule has 2 aromatic carbocycles. The van der Waals surface area contributed by atoms with E-state index in [4.69, 9.17) is 23.2 Å². The summed E-state index contributed by atoms with van der Waals surface area (Å²) in [4.78, 5) is 24.0. The summed E-state index contributed by atoms with van der Waals surface area (Å²) in [6, 6.07) is 15.4. The van der Waals surface area contributed by atoms with Gasteiger partial charge in [0.15, 0.2) is 11.6 Å². The first-order chi connectivity index (χ1) is 18.2. The van der Waals surface area contributed by atoms with Crippen LogP contribution in [0.15, 0.2) is 84.0 Å². The zero-order valence-corrected chi connectivity index (χ0v) is 24.3. The SMILES string of the molecule is CC(C)[C@@H]1CCC(/C=C/c2ccccc2Cl)=CC1=O.CC(C)[C@@H]1CCC(/C=C/c2ccccc2Cl)=CC1=O. The van der Waals surface area contributed by atoms with Crippen molar-refractivity contribution in [2.45, 2.75) is 53.4 Å². The van der Waals surface area contributed by atoms with Gasteiger partial charge in [0.05, 0.1) is 0 Å². The molecule has 2 atom stereocenters. The summed E-state index contributed by atoms with van der Waals surface area (Å²) < 4.78 is 0. The van der Waals surface area contributed by atoms with Crippen molar-refractivity contribution >= 4 is 46.9 Å². The Labute approximate surface area is 238 Å². The molecule has 4 heteroatoms. The summed E-state index contributed by atoms with van der Waals surface area (Å²) in [7, 11) is 0. The van der Waals surface area contributed by atoms with Crippen LogP contribution in [-0.2, 0) is 9.59 Å². The Bertz CT molecular complexity index is 1150. The third-order valence-corrected chi connectivity index (χ3v) is 7.94. The zero-order chi connectivity index (χ0) is 27.7. The second-order valence-electron chi connectivity index (χ2n) is 10.7. The predicted molar refractivity (Wildman–Crippen MR) is 162 cm³/mol. The van der Waals surface area contributed by atoms with Gasteiger partial charge in [-0.1, -0.05) is 112 Å². The van der Waals surface area contributed by atoms with Crippen LogP contribution in [0.3, 0.4) is 0 Å². The van der Waals surface area contributed by atoms with E-state index in [2.05, 4.69) is 27.7 Å². The van der Waals surface area contributed by atoms with Crippen molar-refractivity contribution in [3.8, 4) is 0 Å². The van der Waals surface area contributed by atoms with Crippen molar-refractivity contribution in [1.82, 2.24) is 0 Å². The maximum Gasteiger partial charge on any atom is 0.159 e.